The number of benzene rings is 1. The lowest BCUT2D eigenvalue weighted by Gasteiger charge is -2.10. The summed E-state index contributed by atoms with van der Waals surface area (Å²) in [5.74, 6) is 0. The number of rotatable bonds is 5. The van der Waals surface area contributed by atoms with Crippen molar-refractivity contribution in [2.75, 3.05) is 0 Å². The summed E-state index contributed by atoms with van der Waals surface area (Å²) in [6.45, 7) is 4.18. The quantitative estimate of drug-likeness (QED) is 0.916. The van der Waals surface area contributed by atoms with Crippen LogP contribution < -0.4 is 0 Å². The highest BCUT2D eigenvalue weighted by atomic mass is 79.9. The largest absolute Gasteiger partial charge is 0.392 e. The molecule has 0 radical (unpaired) electrons. The van der Waals surface area contributed by atoms with Gasteiger partial charge in [0, 0.05) is 23.1 Å². The maximum Gasteiger partial charge on any atom is 0.0650 e. The molecule has 1 atom stereocenters. The summed E-state index contributed by atoms with van der Waals surface area (Å²) in [5, 5.41) is 14.6. The van der Waals surface area contributed by atoms with Gasteiger partial charge in [0.1, 0.15) is 0 Å². The second kappa shape index (κ2) is 6.35. The summed E-state index contributed by atoms with van der Waals surface area (Å²) in [4.78, 5) is 0. The Hall–Kier alpha value is -1.13. The molecule has 1 unspecified atom stereocenters. The first-order chi connectivity index (χ1) is 9.06. The average Bonchev–Trinajstić information content (AvgIpc) is 2.80. The molecule has 0 aliphatic rings. The van der Waals surface area contributed by atoms with Crippen molar-refractivity contribution < 1.29 is 5.11 Å². The minimum absolute atomic E-state index is 0.356. The van der Waals surface area contributed by atoms with Gasteiger partial charge in [-0.3, -0.25) is 4.68 Å². The molecule has 0 aliphatic heterocycles. The molecule has 2 rings (SSSR count). The summed E-state index contributed by atoms with van der Waals surface area (Å²) in [5.41, 5.74) is 2.06. The Morgan fingerprint density at radius 1 is 1.21 bits per heavy atom. The van der Waals surface area contributed by atoms with Gasteiger partial charge < -0.3 is 5.11 Å². The predicted octanol–water partition coefficient (Wildman–Crippen LogP) is 3.37. The average molecular weight is 323 g/mol. The van der Waals surface area contributed by atoms with E-state index in [1.165, 1.54) is 0 Å². The van der Waals surface area contributed by atoms with Gasteiger partial charge in [0.25, 0.3) is 0 Å². The van der Waals surface area contributed by atoms with Crippen LogP contribution in [0.25, 0.3) is 0 Å². The molecule has 0 saturated carbocycles. The number of aliphatic hydroxyl groups excluding tert-OH is 1. The molecular weight excluding hydrogens is 304 g/mol. The van der Waals surface area contributed by atoms with Crippen LogP contribution in [0.2, 0.25) is 0 Å². The molecule has 1 heterocycles. The Kier molecular flexibility index (Phi) is 4.77. The van der Waals surface area contributed by atoms with Crippen LogP contribution in [0.3, 0.4) is 0 Å². The maximum atomic E-state index is 10.2. The van der Waals surface area contributed by atoms with Gasteiger partial charge in [-0.1, -0.05) is 34.1 Å². The van der Waals surface area contributed by atoms with Crippen molar-refractivity contribution in [1.82, 2.24) is 9.78 Å². The zero-order valence-corrected chi connectivity index (χ0v) is 12.8. The molecule has 4 heteroatoms. The molecule has 1 N–H and O–H groups in total. The highest BCUT2D eigenvalue weighted by Crippen LogP contribution is 2.18. The second-order valence-electron chi connectivity index (χ2n) is 5.03. The van der Waals surface area contributed by atoms with Crippen molar-refractivity contribution in [1.29, 1.82) is 0 Å². The van der Waals surface area contributed by atoms with Crippen LogP contribution in [0.4, 0.5) is 0 Å². The molecule has 19 heavy (non-hydrogen) atoms. The Balaban J connectivity index is 1.97. The second-order valence-corrected chi connectivity index (χ2v) is 5.89. The summed E-state index contributed by atoms with van der Waals surface area (Å²) in [7, 11) is 0. The lowest BCUT2D eigenvalue weighted by Crippen LogP contribution is -2.15. The van der Waals surface area contributed by atoms with E-state index < -0.39 is 6.10 Å². The summed E-state index contributed by atoms with van der Waals surface area (Å²) in [6, 6.07) is 10.3. The molecule has 0 amide bonds. The number of aromatic nitrogens is 2. The summed E-state index contributed by atoms with van der Waals surface area (Å²) in [6.07, 6.45) is 2.77. The number of halogens is 1. The number of aliphatic hydroxyl groups is 1. The third kappa shape index (κ3) is 3.91. The van der Waals surface area contributed by atoms with Gasteiger partial charge >= 0.3 is 0 Å². The van der Waals surface area contributed by atoms with Crippen LogP contribution >= 0.6 is 15.9 Å². The van der Waals surface area contributed by atoms with Crippen LogP contribution in [0.15, 0.2) is 41.0 Å². The van der Waals surface area contributed by atoms with Crippen LogP contribution in [-0.2, 0) is 12.8 Å². The van der Waals surface area contributed by atoms with Crippen molar-refractivity contribution in [3.05, 3.63) is 52.3 Å². The fraction of sp³-hybridized carbons (Fsp3) is 0.400. The molecule has 3 nitrogen and oxygen atoms in total. The van der Waals surface area contributed by atoms with Gasteiger partial charge in [0.05, 0.1) is 11.8 Å². The van der Waals surface area contributed by atoms with Crippen LogP contribution in [0.5, 0.6) is 0 Å². The van der Waals surface area contributed by atoms with E-state index in [0.717, 1.165) is 15.7 Å². The first-order valence-corrected chi connectivity index (χ1v) is 7.31. The zero-order valence-electron chi connectivity index (χ0n) is 11.3. The summed E-state index contributed by atoms with van der Waals surface area (Å²) < 4.78 is 2.96. The number of hydrogen-bond acceptors (Lipinski definition) is 2. The van der Waals surface area contributed by atoms with E-state index >= 15 is 0 Å². The molecule has 0 saturated heterocycles. The highest BCUT2D eigenvalue weighted by molar-refractivity contribution is 9.10. The van der Waals surface area contributed by atoms with Crippen LogP contribution in [0, 0.1) is 0 Å². The lowest BCUT2D eigenvalue weighted by molar-refractivity contribution is 0.173. The van der Waals surface area contributed by atoms with E-state index in [0.29, 0.717) is 18.9 Å². The predicted molar refractivity (Wildman–Crippen MR) is 80.2 cm³/mol. The zero-order chi connectivity index (χ0) is 13.8. The molecule has 0 spiro atoms. The number of hydrogen-bond donors (Lipinski definition) is 1. The van der Waals surface area contributed by atoms with Gasteiger partial charge in [-0.15, -0.1) is 0 Å². The van der Waals surface area contributed by atoms with Crippen molar-refractivity contribution >= 4 is 15.9 Å². The minimum Gasteiger partial charge on any atom is -0.392 e. The fourth-order valence-corrected chi connectivity index (χ4v) is 2.45. The third-order valence-corrected chi connectivity index (χ3v) is 3.82. The first kappa shape index (κ1) is 14.3. The monoisotopic (exact) mass is 322 g/mol. The van der Waals surface area contributed by atoms with E-state index in [4.69, 9.17) is 0 Å². The van der Waals surface area contributed by atoms with E-state index in [9.17, 15) is 5.11 Å². The smallest absolute Gasteiger partial charge is 0.0650 e. The van der Waals surface area contributed by atoms with Crippen molar-refractivity contribution in [2.24, 2.45) is 0 Å². The van der Waals surface area contributed by atoms with Gasteiger partial charge in [-0.05, 0) is 38.0 Å². The molecule has 0 bridgehead atoms. The van der Waals surface area contributed by atoms with Gasteiger partial charge in [-0.25, -0.2) is 0 Å². The van der Waals surface area contributed by atoms with Crippen molar-refractivity contribution in [3.8, 4) is 0 Å². The normalized spacial score (nSPS) is 12.9. The molecule has 0 fully saturated rings. The Morgan fingerprint density at radius 2 is 1.95 bits per heavy atom. The highest BCUT2D eigenvalue weighted by Gasteiger charge is 2.11. The minimum atomic E-state index is -0.408. The summed E-state index contributed by atoms with van der Waals surface area (Å²) >= 11 is 3.50. The molecular formula is C15H19BrN2O. The van der Waals surface area contributed by atoms with Gasteiger partial charge in [-0.2, -0.15) is 5.10 Å². The Morgan fingerprint density at radius 3 is 2.58 bits per heavy atom. The SMILES string of the molecule is CC(C)n1ccc(CC(O)Cc2ccccc2Br)n1. The van der Waals surface area contributed by atoms with E-state index in [-0.39, 0.29) is 0 Å². The maximum absolute atomic E-state index is 10.2. The molecule has 102 valence electrons. The van der Waals surface area contributed by atoms with E-state index in [1.807, 2.05) is 41.2 Å². The molecule has 1 aromatic carbocycles. The Bertz CT molecular complexity index is 536. The Labute approximate surface area is 122 Å². The van der Waals surface area contributed by atoms with Crippen LogP contribution in [0.1, 0.15) is 31.1 Å². The van der Waals surface area contributed by atoms with Crippen LogP contribution in [-0.4, -0.2) is 21.0 Å². The fourth-order valence-electron chi connectivity index (χ4n) is 2.01. The standard InChI is InChI=1S/C15H19BrN2O/c1-11(2)18-8-7-13(17-18)10-14(19)9-12-5-3-4-6-15(12)16/h3-8,11,14,19H,9-10H2,1-2H3. The molecule has 1 aromatic heterocycles. The van der Waals surface area contributed by atoms with E-state index in [2.05, 4.69) is 34.9 Å². The van der Waals surface area contributed by atoms with Gasteiger partial charge in [0.15, 0.2) is 0 Å². The molecule has 0 aliphatic carbocycles. The molecule has 2 aromatic rings. The van der Waals surface area contributed by atoms with Crippen molar-refractivity contribution in [3.63, 3.8) is 0 Å². The number of nitrogens with zero attached hydrogens (tertiary/aromatic N) is 2. The lowest BCUT2D eigenvalue weighted by atomic mass is 10.0. The topological polar surface area (TPSA) is 38.0 Å². The first-order valence-electron chi connectivity index (χ1n) is 6.51. The van der Waals surface area contributed by atoms with Gasteiger partial charge in [0.2, 0.25) is 0 Å². The van der Waals surface area contributed by atoms with E-state index in [1.54, 1.807) is 0 Å². The van der Waals surface area contributed by atoms with Crippen molar-refractivity contribution in [2.45, 2.75) is 38.8 Å². The third-order valence-electron chi connectivity index (χ3n) is 3.05.